The van der Waals surface area contributed by atoms with Crippen molar-refractivity contribution in [1.29, 1.82) is 0 Å². The summed E-state index contributed by atoms with van der Waals surface area (Å²) >= 11 is 0. The van der Waals surface area contributed by atoms with E-state index in [2.05, 4.69) is 24.1 Å². The van der Waals surface area contributed by atoms with Crippen LogP contribution in [0.5, 0.6) is 11.6 Å². The molecular formula is C17H21FN2O. The highest BCUT2D eigenvalue weighted by Gasteiger charge is 2.13. The lowest BCUT2D eigenvalue weighted by Gasteiger charge is -2.17. The Morgan fingerprint density at radius 2 is 2.14 bits per heavy atom. The number of pyridine rings is 1. The molecule has 0 aliphatic carbocycles. The number of nitrogens with one attached hydrogen (secondary N) is 1. The van der Waals surface area contributed by atoms with Crippen LogP contribution >= 0.6 is 0 Å². The Labute approximate surface area is 125 Å². The summed E-state index contributed by atoms with van der Waals surface area (Å²) in [5.74, 6) is 0.915. The molecule has 2 aromatic rings. The van der Waals surface area contributed by atoms with Crippen LogP contribution in [0.4, 0.5) is 4.39 Å². The van der Waals surface area contributed by atoms with E-state index >= 15 is 0 Å². The van der Waals surface area contributed by atoms with Crippen LogP contribution in [0.1, 0.15) is 37.4 Å². The standard InChI is InChI=1S/C17H21FN2O/c1-4-9-19-13(3)15-6-5-10-20-17(15)21-14-7-8-16(18)12(2)11-14/h5-8,10-11,13,19H,4,9H2,1-3H3. The van der Waals surface area contributed by atoms with Crippen LogP contribution in [0.3, 0.4) is 0 Å². The van der Waals surface area contributed by atoms with Gasteiger partial charge in [-0.1, -0.05) is 13.0 Å². The van der Waals surface area contributed by atoms with Gasteiger partial charge in [-0.2, -0.15) is 0 Å². The van der Waals surface area contributed by atoms with Gasteiger partial charge in [-0.05, 0) is 56.6 Å². The van der Waals surface area contributed by atoms with Gasteiger partial charge >= 0.3 is 0 Å². The third kappa shape index (κ3) is 4.02. The van der Waals surface area contributed by atoms with Crippen LogP contribution in [-0.2, 0) is 0 Å². The van der Waals surface area contributed by atoms with E-state index in [1.165, 1.54) is 6.07 Å². The van der Waals surface area contributed by atoms with E-state index in [9.17, 15) is 4.39 Å². The van der Waals surface area contributed by atoms with E-state index in [1.807, 2.05) is 12.1 Å². The van der Waals surface area contributed by atoms with Gasteiger partial charge in [-0.25, -0.2) is 9.37 Å². The zero-order chi connectivity index (χ0) is 15.2. The zero-order valence-electron chi connectivity index (χ0n) is 12.7. The van der Waals surface area contributed by atoms with Gasteiger partial charge < -0.3 is 10.1 Å². The summed E-state index contributed by atoms with van der Waals surface area (Å²) in [5.41, 5.74) is 1.55. The maximum absolute atomic E-state index is 13.3. The molecule has 1 unspecified atom stereocenters. The van der Waals surface area contributed by atoms with Gasteiger partial charge in [0.15, 0.2) is 0 Å². The quantitative estimate of drug-likeness (QED) is 0.856. The Hall–Kier alpha value is -1.94. The van der Waals surface area contributed by atoms with Crippen molar-refractivity contribution < 1.29 is 9.13 Å². The van der Waals surface area contributed by atoms with Crippen molar-refractivity contribution in [2.45, 2.75) is 33.2 Å². The fraction of sp³-hybridized carbons (Fsp3) is 0.353. The number of aromatic nitrogens is 1. The molecule has 4 heteroatoms. The second-order valence-electron chi connectivity index (χ2n) is 5.09. The molecule has 0 amide bonds. The maximum Gasteiger partial charge on any atom is 0.223 e. The minimum absolute atomic E-state index is 0.148. The van der Waals surface area contributed by atoms with E-state index < -0.39 is 0 Å². The largest absolute Gasteiger partial charge is 0.439 e. The Morgan fingerprint density at radius 3 is 2.86 bits per heavy atom. The van der Waals surface area contributed by atoms with Gasteiger partial charge in [0.1, 0.15) is 11.6 Å². The van der Waals surface area contributed by atoms with Crippen molar-refractivity contribution in [1.82, 2.24) is 10.3 Å². The molecule has 3 nitrogen and oxygen atoms in total. The van der Waals surface area contributed by atoms with E-state index in [0.717, 1.165) is 18.5 Å². The van der Waals surface area contributed by atoms with Gasteiger partial charge in [-0.3, -0.25) is 0 Å². The molecule has 0 bridgehead atoms. The van der Waals surface area contributed by atoms with Gasteiger partial charge in [0, 0.05) is 17.8 Å². The maximum atomic E-state index is 13.3. The summed E-state index contributed by atoms with van der Waals surface area (Å²) in [6.45, 7) is 6.86. The summed E-state index contributed by atoms with van der Waals surface area (Å²) in [6.07, 6.45) is 2.76. The van der Waals surface area contributed by atoms with Crippen molar-refractivity contribution in [2.75, 3.05) is 6.54 Å². The second kappa shape index (κ2) is 7.18. The van der Waals surface area contributed by atoms with Crippen LogP contribution in [0, 0.1) is 12.7 Å². The lowest BCUT2D eigenvalue weighted by atomic mass is 10.1. The van der Waals surface area contributed by atoms with Gasteiger partial charge in [0.05, 0.1) is 0 Å². The molecule has 0 aliphatic rings. The highest BCUT2D eigenvalue weighted by molar-refractivity contribution is 5.36. The second-order valence-corrected chi connectivity index (χ2v) is 5.09. The first-order chi connectivity index (χ1) is 10.1. The molecule has 2 rings (SSSR count). The molecule has 21 heavy (non-hydrogen) atoms. The fourth-order valence-corrected chi connectivity index (χ4v) is 2.08. The SMILES string of the molecule is CCCNC(C)c1cccnc1Oc1ccc(F)c(C)c1. The monoisotopic (exact) mass is 288 g/mol. The molecule has 0 spiro atoms. The summed E-state index contributed by atoms with van der Waals surface area (Å²) in [4.78, 5) is 4.30. The molecule has 1 aromatic heterocycles. The van der Waals surface area contributed by atoms with E-state index in [0.29, 0.717) is 17.2 Å². The van der Waals surface area contributed by atoms with E-state index in [4.69, 9.17) is 4.74 Å². The fourth-order valence-electron chi connectivity index (χ4n) is 2.08. The first-order valence-electron chi connectivity index (χ1n) is 7.24. The van der Waals surface area contributed by atoms with E-state index in [1.54, 1.807) is 25.3 Å². The predicted octanol–water partition coefficient (Wildman–Crippen LogP) is 4.38. The molecule has 112 valence electrons. The Morgan fingerprint density at radius 1 is 1.33 bits per heavy atom. The minimum atomic E-state index is -0.235. The topological polar surface area (TPSA) is 34.2 Å². The van der Waals surface area contributed by atoms with Crippen LogP contribution in [0.15, 0.2) is 36.5 Å². The molecule has 0 fully saturated rings. The molecule has 0 aliphatic heterocycles. The van der Waals surface area contributed by atoms with E-state index in [-0.39, 0.29) is 11.9 Å². The van der Waals surface area contributed by atoms with Crippen LogP contribution < -0.4 is 10.1 Å². The van der Waals surface area contributed by atoms with Crippen LogP contribution in [0.2, 0.25) is 0 Å². The first kappa shape index (κ1) is 15.4. The molecule has 0 radical (unpaired) electrons. The van der Waals surface area contributed by atoms with Gasteiger partial charge in [0.25, 0.3) is 0 Å². The molecule has 0 saturated carbocycles. The van der Waals surface area contributed by atoms with Crippen LogP contribution in [-0.4, -0.2) is 11.5 Å². The Kier molecular flexibility index (Phi) is 5.28. The number of nitrogens with zero attached hydrogens (tertiary/aromatic N) is 1. The lowest BCUT2D eigenvalue weighted by Crippen LogP contribution is -2.20. The molecule has 1 atom stereocenters. The number of benzene rings is 1. The number of aryl methyl sites for hydroxylation is 1. The zero-order valence-corrected chi connectivity index (χ0v) is 12.7. The minimum Gasteiger partial charge on any atom is -0.439 e. The lowest BCUT2D eigenvalue weighted by molar-refractivity contribution is 0.440. The average Bonchev–Trinajstić information content (AvgIpc) is 2.49. The number of rotatable bonds is 6. The predicted molar refractivity (Wildman–Crippen MR) is 82.2 cm³/mol. The molecular weight excluding hydrogens is 267 g/mol. The summed E-state index contributed by atoms with van der Waals surface area (Å²) < 4.78 is 19.1. The Balaban J connectivity index is 2.21. The van der Waals surface area contributed by atoms with Crippen molar-refractivity contribution in [3.8, 4) is 11.6 Å². The molecule has 1 N–H and O–H groups in total. The highest BCUT2D eigenvalue weighted by atomic mass is 19.1. The van der Waals surface area contributed by atoms with Gasteiger partial charge in [0.2, 0.25) is 5.88 Å². The summed E-state index contributed by atoms with van der Waals surface area (Å²) in [7, 11) is 0. The number of hydrogen-bond acceptors (Lipinski definition) is 3. The van der Waals surface area contributed by atoms with Crippen molar-refractivity contribution in [3.05, 3.63) is 53.5 Å². The third-order valence-electron chi connectivity index (χ3n) is 3.31. The number of halogens is 1. The van der Waals surface area contributed by atoms with Crippen LogP contribution in [0.25, 0.3) is 0 Å². The molecule has 1 heterocycles. The Bertz CT molecular complexity index is 601. The number of hydrogen-bond donors (Lipinski definition) is 1. The smallest absolute Gasteiger partial charge is 0.223 e. The summed E-state index contributed by atoms with van der Waals surface area (Å²) in [5, 5.41) is 3.42. The molecule has 0 saturated heterocycles. The van der Waals surface area contributed by atoms with Crippen molar-refractivity contribution >= 4 is 0 Å². The third-order valence-corrected chi connectivity index (χ3v) is 3.31. The summed E-state index contributed by atoms with van der Waals surface area (Å²) in [6, 6.07) is 8.73. The van der Waals surface area contributed by atoms with Gasteiger partial charge in [-0.15, -0.1) is 0 Å². The highest BCUT2D eigenvalue weighted by Crippen LogP contribution is 2.28. The normalized spacial score (nSPS) is 12.2. The number of ether oxygens (including phenoxy) is 1. The first-order valence-corrected chi connectivity index (χ1v) is 7.24. The van der Waals surface area contributed by atoms with Crippen molar-refractivity contribution in [3.63, 3.8) is 0 Å². The van der Waals surface area contributed by atoms with Crippen molar-refractivity contribution in [2.24, 2.45) is 0 Å². The molecule has 1 aromatic carbocycles. The average molecular weight is 288 g/mol.